The molecule has 0 fully saturated rings. The third-order valence-electron chi connectivity index (χ3n) is 5.35. The lowest BCUT2D eigenvalue weighted by molar-refractivity contribution is -0.138. The highest BCUT2D eigenvalue weighted by atomic mass is 19.4. The van der Waals surface area contributed by atoms with E-state index in [9.17, 15) is 27.9 Å². The molecule has 170 valence electrons. The average Bonchev–Trinajstić information content (AvgIpc) is 3.25. The molecule has 33 heavy (non-hydrogen) atoms. The second-order valence-electron chi connectivity index (χ2n) is 7.61. The number of benzene rings is 2. The monoisotopic (exact) mass is 455 g/mol. The van der Waals surface area contributed by atoms with E-state index in [1.54, 1.807) is 18.3 Å². The molecule has 0 spiro atoms. The number of halogens is 3. The number of aromatic nitrogens is 1. The Kier molecular flexibility index (Phi) is 6.06. The molecule has 0 radical (unpaired) electrons. The number of nitrogens with one attached hydrogen (secondary N) is 3. The van der Waals surface area contributed by atoms with Gasteiger partial charge in [-0.1, -0.05) is 12.1 Å². The van der Waals surface area contributed by atoms with Crippen molar-refractivity contribution in [3.8, 4) is 0 Å². The number of carbonyl (C=O) groups is 2. The summed E-state index contributed by atoms with van der Waals surface area (Å²) >= 11 is 0. The summed E-state index contributed by atoms with van der Waals surface area (Å²) in [6.07, 6.45) is 1.67. The molecule has 4 N–H and O–H groups in total. The molecule has 0 bridgehead atoms. The third kappa shape index (κ3) is 5.15. The molecule has 0 saturated heterocycles. The van der Waals surface area contributed by atoms with Crippen molar-refractivity contribution >= 4 is 40.1 Å². The number of amides is 1. The molecule has 3 aromatic rings. The van der Waals surface area contributed by atoms with Gasteiger partial charge in [0.15, 0.2) is 0 Å². The summed E-state index contributed by atoms with van der Waals surface area (Å²) in [4.78, 5) is 26.8. The van der Waals surface area contributed by atoms with Gasteiger partial charge >= 0.3 is 12.1 Å². The van der Waals surface area contributed by atoms with Crippen LogP contribution in [0.25, 0.3) is 22.6 Å². The van der Waals surface area contributed by atoms with E-state index in [-0.39, 0.29) is 5.56 Å². The molecule has 2 aromatic carbocycles. The molecule has 1 amide bonds. The standard InChI is InChI=1S/C24H20F3N3O3/c25-24(26,27)17-3-1-14(19(13-17)15-7-9-29-21(12-15)23(32)33)2-6-22(31)30-18-4-5-20-16(11-18)8-10-28-20/h1-6,8,10-13,21,28-29H,7,9H2,(H,30,31)(H,32,33). The van der Waals surface area contributed by atoms with Gasteiger partial charge < -0.3 is 20.7 Å². The molecule has 1 atom stereocenters. The summed E-state index contributed by atoms with van der Waals surface area (Å²) in [5, 5.41) is 15.7. The number of rotatable bonds is 5. The molecule has 1 unspecified atom stereocenters. The Morgan fingerprint density at radius 2 is 1.94 bits per heavy atom. The van der Waals surface area contributed by atoms with Crippen LogP contribution in [0.2, 0.25) is 0 Å². The Hall–Kier alpha value is -3.85. The van der Waals surface area contributed by atoms with Crippen LogP contribution in [0.4, 0.5) is 18.9 Å². The van der Waals surface area contributed by atoms with Gasteiger partial charge in [-0.05, 0) is 65.6 Å². The highest BCUT2D eigenvalue weighted by Crippen LogP contribution is 2.34. The smallest absolute Gasteiger partial charge is 0.416 e. The Morgan fingerprint density at radius 3 is 2.70 bits per heavy atom. The van der Waals surface area contributed by atoms with Crippen LogP contribution < -0.4 is 10.6 Å². The molecular formula is C24H20F3N3O3. The summed E-state index contributed by atoms with van der Waals surface area (Å²) in [6, 6.07) is 9.45. The maximum absolute atomic E-state index is 13.3. The van der Waals surface area contributed by atoms with Gasteiger partial charge in [-0.15, -0.1) is 0 Å². The van der Waals surface area contributed by atoms with Crippen LogP contribution in [0.1, 0.15) is 23.1 Å². The van der Waals surface area contributed by atoms with Crippen LogP contribution in [0.15, 0.2) is 60.8 Å². The lowest BCUT2D eigenvalue weighted by Gasteiger charge is -2.22. The first kappa shape index (κ1) is 22.3. The maximum atomic E-state index is 13.3. The second-order valence-corrected chi connectivity index (χ2v) is 7.61. The van der Waals surface area contributed by atoms with Gasteiger partial charge in [0.2, 0.25) is 5.91 Å². The van der Waals surface area contributed by atoms with Crippen LogP contribution in [-0.4, -0.2) is 34.6 Å². The number of aliphatic carboxylic acids is 1. The van der Waals surface area contributed by atoms with E-state index in [0.717, 1.165) is 23.0 Å². The van der Waals surface area contributed by atoms with Crippen LogP contribution in [0, 0.1) is 0 Å². The number of anilines is 1. The number of hydrogen-bond acceptors (Lipinski definition) is 3. The van der Waals surface area contributed by atoms with Crippen LogP contribution in [-0.2, 0) is 15.8 Å². The van der Waals surface area contributed by atoms with Crippen molar-refractivity contribution in [2.45, 2.75) is 18.6 Å². The van der Waals surface area contributed by atoms with E-state index in [1.807, 2.05) is 12.1 Å². The lowest BCUT2D eigenvalue weighted by atomic mass is 9.91. The van der Waals surface area contributed by atoms with Crippen LogP contribution >= 0.6 is 0 Å². The Balaban J connectivity index is 1.62. The maximum Gasteiger partial charge on any atom is 0.416 e. The number of fused-ring (bicyclic) bond motifs is 1. The number of alkyl halides is 3. The second kappa shape index (κ2) is 8.95. The van der Waals surface area contributed by atoms with Crippen molar-refractivity contribution in [1.82, 2.24) is 10.3 Å². The summed E-state index contributed by atoms with van der Waals surface area (Å²) < 4.78 is 39.9. The number of carbonyl (C=O) groups excluding carboxylic acids is 1. The topological polar surface area (TPSA) is 94.2 Å². The molecular weight excluding hydrogens is 435 g/mol. The predicted molar refractivity (Wildman–Crippen MR) is 119 cm³/mol. The van der Waals surface area contributed by atoms with Gasteiger partial charge in [-0.25, -0.2) is 0 Å². The number of carboxylic acid groups (broad SMARTS) is 1. The summed E-state index contributed by atoms with van der Waals surface area (Å²) in [5.41, 5.74) is 1.77. The lowest BCUT2D eigenvalue weighted by Crippen LogP contribution is -2.38. The highest BCUT2D eigenvalue weighted by Gasteiger charge is 2.31. The molecule has 1 aromatic heterocycles. The van der Waals surface area contributed by atoms with E-state index >= 15 is 0 Å². The zero-order chi connectivity index (χ0) is 23.6. The third-order valence-corrected chi connectivity index (χ3v) is 5.35. The fourth-order valence-corrected chi connectivity index (χ4v) is 3.73. The number of hydrogen-bond donors (Lipinski definition) is 4. The summed E-state index contributed by atoms with van der Waals surface area (Å²) in [7, 11) is 0. The minimum atomic E-state index is -4.55. The minimum absolute atomic E-state index is 0.246. The van der Waals surface area contributed by atoms with Crippen LogP contribution in [0.3, 0.4) is 0 Å². The van der Waals surface area contributed by atoms with E-state index in [0.29, 0.717) is 29.8 Å². The zero-order valence-electron chi connectivity index (χ0n) is 17.2. The molecule has 6 nitrogen and oxygen atoms in total. The van der Waals surface area contributed by atoms with Crippen molar-refractivity contribution in [1.29, 1.82) is 0 Å². The minimum Gasteiger partial charge on any atom is -0.480 e. The van der Waals surface area contributed by atoms with E-state index in [4.69, 9.17) is 0 Å². The number of carboxylic acids is 1. The quantitative estimate of drug-likeness (QED) is 0.421. The predicted octanol–water partition coefficient (Wildman–Crippen LogP) is 4.67. The van der Waals surface area contributed by atoms with E-state index in [1.165, 1.54) is 24.3 Å². The van der Waals surface area contributed by atoms with Crippen molar-refractivity contribution in [2.24, 2.45) is 0 Å². The van der Waals surface area contributed by atoms with E-state index in [2.05, 4.69) is 15.6 Å². The summed E-state index contributed by atoms with van der Waals surface area (Å²) in [5.74, 6) is -1.56. The number of aromatic amines is 1. The van der Waals surface area contributed by atoms with Crippen molar-refractivity contribution in [3.63, 3.8) is 0 Å². The fourth-order valence-electron chi connectivity index (χ4n) is 3.73. The Morgan fingerprint density at radius 1 is 1.12 bits per heavy atom. The first-order valence-electron chi connectivity index (χ1n) is 10.2. The van der Waals surface area contributed by atoms with Gasteiger partial charge in [0, 0.05) is 35.4 Å². The summed E-state index contributed by atoms with van der Waals surface area (Å²) in [6.45, 7) is 0.310. The Labute approximate surface area is 186 Å². The van der Waals surface area contributed by atoms with Gasteiger partial charge in [0.25, 0.3) is 0 Å². The van der Waals surface area contributed by atoms with Crippen molar-refractivity contribution in [2.75, 3.05) is 11.9 Å². The molecule has 2 heterocycles. The Bertz CT molecular complexity index is 1270. The average molecular weight is 455 g/mol. The van der Waals surface area contributed by atoms with Crippen molar-refractivity contribution in [3.05, 3.63) is 77.5 Å². The molecule has 4 rings (SSSR count). The van der Waals surface area contributed by atoms with Crippen molar-refractivity contribution < 1.29 is 27.9 Å². The SMILES string of the molecule is O=C(C=Cc1ccc(C(F)(F)F)cc1C1=CC(C(=O)O)NCC1)Nc1ccc2[nH]ccc2c1. The fraction of sp³-hybridized carbons (Fsp3) is 0.167. The first-order valence-corrected chi connectivity index (χ1v) is 10.2. The first-order chi connectivity index (χ1) is 15.7. The van der Waals surface area contributed by atoms with Gasteiger partial charge in [0.05, 0.1) is 5.56 Å². The largest absolute Gasteiger partial charge is 0.480 e. The molecule has 0 saturated carbocycles. The molecule has 0 aliphatic carbocycles. The van der Waals surface area contributed by atoms with Gasteiger partial charge in [0.1, 0.15) is 6.04 Å². The highest BCUT2D eigenvalue weighted by molar-refractivity contribution is 6.03. The van der Waals surface area contributed by atoms with Gasteiger partial charge in [-0.2, -0.15) is 13.2 Å². The molecule has 1 aliphatic rings. The van der Waals surface area contributed by atoms with E-state index < -0.39 is 29.7 Å². The zero-order valence-corrected chi connectivity index (χ0v) is 17.2. The normalized spacial score (nSPS) is 16.7. The van der Waals surface area contributed by atoms with Gasteiger partial charge in [-0.3, -0.25) is 9.59 Å². The molecule has 1 aliphatic heterocycles. The van der Waals surface area contributed by atoms with Crippen LogP contribution in [0.5, 0.6) is 0 Å². The number of H-pyrrole nitrogens is 1. The molecule has 9 heteroatoms.